The number of rotatable bonds is 4. The molecule has 0 atom stereocenters. The SMILES string of the molecule is NCc1ccccc1/C=C/CC=O. The molecule has 1 aromatic carbocycles. The minimum absolute atomic E-state index is 0.457. The first-order valence-corrected chi connectivity index (χ1v) is 4.26. The highest BCUT2D eigenvalue weighted by molar-refractivity contribution is 5.59. The topological polar surface area (TPSA) is 43.1 Å². The van der Waals surface area contributed by atoms with Crippen LogP contribution < -0.4 is 5.73 Å². The maximum absolute atomic E-state index is 10.1. The summed E-state index contributed by atoms with van der Waals surface area (Å²) < 4.78 is 0. The van der Waals surface area contributed by atoms with Crippen molar-refractivity contribution >= 4 is 12.4 Å². The molecular formula is C11H13NO. The lowest BCUT2D eigenvalue weighted by molar-refractivity contribution is -0.107. The summed E-state index contributed by atoms with van der Waals surface area (Å²) in [5, 5.41) is 0. The van der Waals surface area contributed by atoms with Gasteiger partial charge < -0.3 is 10.5 Å². The second kappa shape index (κ2) is 5.27. The van der Waals surface area contributed by atoms with Gasteiger partial charge in [0.2, 0.25) is 0 Å². The molecule has 13 heavy (non-hydrogen) atoms. The normalized spacial score (nSPS) is 10.5. The Hall–Kier alpha value is -1.41. The van der Waals surface area contributed by atoms with E-state index in [0.717, 1.165) is 17.4 Å². The van der Waals surface area contributed by atoms with Crippen LogP contribution in [0.1, 0.15) is 17.5 Å². The number of hydrogen-bond donors (Lipinski definition) is 1. The Labute approximate surface area is 78.1 Å². The van der Waals surface area contributed by atoms with Crippen LogP contribution in [0.25, 0.3) is 6.08 Å². The number of carbonyl (C=O) groups is 1. The zero-order chi connectivity index (χ0) is 9.52. The van der Waals surface area contributed by atoms with Crippen molar-refractivity contribution in [2.75, 3.05) is 0 Å². The zero-order valence-corrected chi connectivity index (χ0v) is 7.44. The summed E-state index contributed by atoms with van der Waals surface area (Å²) >= 11 is 0. The van der Waals surface area contributed by atoms with Crippen molar-refractivity contribution in [2.45, 2.75) is 13.0 Å². The predicted molar refractivity (Wildman–Crippen MR) is 54.0 cm³/mol. The van der Waals surface area contributed by atoms with Crippen LogP contribution in [0.3, 0.4) is 0 Å². The Kier molecular flexibility index (Phi) is 3.93. The standard InChI is InChI=1S/C11H13NO/c12-9-11-7-2-1-5-10(11)6-3-4-8-13/h1-3,5-8H,4,9,12H2/b6-3+. The van der Waals surface area contributed by atoms with Crippen molar-refractivity contribution in [3.05, 3.63) is 41.5 Å². The minimum Gasteiger partial charge on any atom is -0.326 e. The summed E-state index contributed by atoms with van der Waals surface area (Å²) in [5.74, 6) is 0. The molecule has 0 fully saturated rings. The van der Waals surface area contributed by atoms with Crippen molar-refractivity contribution in [3.63, 3.8) is 0 Å². The molecular weight excluding hydrogens is 162 g/mol. The van der Waals surface area contributed by atoms with Crippen LogP contribution in [0.4, 0.5) is 0 Å². The van der Waals surface area contributed by atoms with E-state index >= 15 is 0 Å². The lowest BCUT2D eigenvalue weighted by atomic mass is 10.1. The Morgan fingerprint density at radius 2 is 2.08 bits per heavy atom. The molecule has 68 valence electrons. The van der Waals surface area contributed by atoms with Gasteiger partial charge in [0.15, 0.2) is 0 Å². The first-order valence-electron chi connectivity index (χ1n) is 4.26. The molecule has 0 aromatic heterocycles. The van der Waals surface area contributed by atoms with Crippen LogP contribution in [0.15, 0.2) is 30.3 Å². The van der Waals surface area contributed by atoms with Crippen LogP contribution in [0.2, 0.25) is 0 Å². The quantitative estimate of drug-likeness (QED) is 0.708. The lowest BCUT2D eigenvalue weighted by Gasteiger charge is -2.00. The van der Waals surface area contributed by atoms with Crippen LogP contribution in [0.5, 0.6) is 0 Å². The summed E-state index contributed by atoms with van der Waals surface area (Å²) in [5.41, 5.74) is 7.74. The molecule has 2 N–H and O–H groups in total. The van der Waals surface area contributed by atoms with Crippen molar-refractivity contribution in [3.8, 4) is 0 Å². The molecule has 0 aliphatic heterocycles. The van der Waals surface area contributed by atoms with Gasteiger partial charge in [-0.2, -0.15) is 0 Å². The molecule has 2 heteroatoms. The molecule has 0 saturated heterocycles. The van der Waals surface area contributed by atoms with Crippen LogP contribution in [-0.4, -0.2) is 6.29 Å². The average molecular weight is 175 g/mol. The molecule has 1 rings (SSSR count). The smallest absolute Gasteiger partial charge is 0.123 e. The Balaban J connectivity index is 2.80. The minimum atomic E-state index is 0.457. The van der Waals surface area contributed by atoms with E-state index in [9.17, 15) is 4.79 Å². The van der Waals surface area contributed by atoms with Gasteiger partial charge in [0.05, 0.1) is 0 Å². The fraction of sp³-hybridized carbons (Fsp3) is 0.182. The van der Waals surface area contributed by atoms with E-state index in [2.05, 4.69) is 0 Å². The van der Waals surface area contributed by atoms with Crippen molar-refractivity contribution in [1.29, 1.82) is 0 Å². The van der Waals surface area contributed by atoms with Crippen molar-refractivity contribution in [1.82, 2.24) is 0 Å². The highest BCUT2D eigenvalue weighted by atomic mass is 16.1. The molecule has 1 aromatic rings. The second-order valence-electron chi connectivity index (χ2n) is 2.71. The largest absolute Gasteiger partial charge is 0.326 e. The number of carbonyl (C=O) groups excluding carboxylic acids is 1. The van der Waals surface area contributed by atoms with Gasteiger partial charge in [-0.25, -0.2) is 0 Å². The molecule has 0 saturated carbocycles. The van der Waals surface area contributed by atoms with Gasteiger partial charge in [-0.05, 0) is 11.1 Å². The van der Waals surface area contributed by atoms with Crippen LogP contribution >= 0.6 is 0 Å². The average Bonchev–Trinajstić information content (AvgIpc) is 2.19. The Bertz CT molecular complexity index is 305. The van der Waals surface area contributed by atoms with Gasteiger partial charge in [-0.15, -0.1) is 0 Å². The molecule has 0 heterocycles. The van der Waals surface area contributed by atoms with E-state index in [1.54, 1.807) is 0 Å². The van der Waals surface area contributed by atoms with E-state index in [1.807, 2.05) is 36.4 Å². The number of hydrogen-bond acceptors (Lipinski definition) is 2. The third kappa shape index (κ3) is 2.84. The van der Waals surface area contributed by atoms with E-state index in [-0.39, 0.29) is 0 Å². The number of aldehydes is 1. The van der Waals surface area contributed by atoms with E-state index in [0.29, 0.717) is 13.0 Å². The molecule has 0 radical (unpaired) electrons. The van der Waals surface area contributed by atoms with Crippen molar-refractivity contribution in [2.24, 2.45) is 5.73 Å². The molecule has 0 aliphatic rings. The van der Waals surface area contributed by atoms with Crippen molar-refractivity contribution < 1.29 is 4.79 Å². The highest BCUT2D eigenvalue weighted by Crippen LogP contribution is 2.09. The monoisotopic (exact) mass is 175 g/mol. The third-order valence-corrected chi connectivity index (χ3v) is 1.80. The van der Waals surface area contributed by atoms with Gasteiger partial charge in [-0.3, -0.25) is 0 Å². The van der Waals surface area contributed by atoms with E-state index < -0.39 is 0 Å². The fourth-order valence-corrected chi connectivity index (χ4v) is 1.13. The van der Waals surface area contributed by atoms with Gasteiger partial charge in [-0.1, -0.05) is 36.4 Å². The first kappa shape index (κ1) is 9.68. The fourth-order valence-electron chi connectivity index (χ4n) is 1.13. The molecule has 0 bridgehead atoms. The predicted octanol–water partition coefficient (Wildman–Crippen LogP) is 1.75. The summed E-state index contributed by atoms with van der Waals surface area (Å²) in [6, 6.07) is 7.89. The zero-order valence-electron chi connectivity index (χ0n) is 7.44. The van der Waals surface area contributed by atoms with Crippen LogP contribution in [-0.2, 0) is 11.3 Å². The summed E-state index contributed by atoms with van der Waals surface area (Å²) in [7, 11) is 0. The number of nitrogens with two attached hydrogens (primary N) is 1. The molecule has 0 amide bonds. The lowest BCUT2D eigenvalue weighted by Crippen LogP contribution is -1.98. The number of benzene rings is 1. The summed E-state index contributed by atoms with van der Waals surface area (Å²) in [6.45, 7) is 0.529. The number of allylic oxidation sites excluding steroid dienone is 1. The summed E-state index contributed by atoms with van der Waals surface area (Å²) in [4.78, 5) is 10.1. The summed E-state index contributed by atoms with van der Waals surface area (Å²) in [6.07, 6.45) is 5.10. The van der Waals surface area contributed by atoms with Crippen LogP contribution in [0, 0.1) is 0 Å². The molecule has 0 unspecified atom stereocenters. The second-order valence-corrected chi connectivity index (χ2v) is 2.71. The Morgan fingerprint density at radius 3 is 2.77 bits per heavy atom. The molecule has 0 spiro atoms. The first-order chi connectivity index (χ1) is 6.38. The Morgan fingerprint density at radius 1 is 1.31 bits per heavy atom. The molecule has 2 nitrogen and oxygen atoms in total. The van der Waals surface area contributed by atoms with Gasteiger partial charge in [0.25, 0.3) is 0 Å². The third-order valence-electron chi connectivity index (χ3n) is 1.80. The molecule has 0 aliphatic carbocycles. The highest BCUT2D eigenvalue weighted by Gasteiger charge is 1.93. The van der Waals surface area contributed by atoms with Gasteiger partial charge in [0, 0.05) is 13.0 Å². The maximum atomic E-state index is 10.1. The maximum Gasteiger partial charge on any atom is 0.123 e. The van der Waals surface area contributed by atoms with Gasteiger partial charge >= 0.3 is 0 Å². The van der Waals surface area contributed by atoms with Gasteiger partial charge in [0.1, 0.15) is 6.29 Å². The van der Waals surface area contributed by atoms with E-state index in [4.69, 9.17) is 5.73 Å². The van der Waals surface area contributed by atoms with E-state index in [1.165, 1.54) is 0 Å².